The highest BCUT2D eigenvalue weighted by Crippen LogP contribution is 2.18. The number of rotatable bonds is 13. The standard InChI is InChI=1S/C19H37N3O7S/c1-8-30-28-10-22(18(26)17(11(2)3)29-19(27)20-7)13(5)15(24)9-16(25)21-12(4)14(6)23/h11-15,17,23-24H,8-10H2,1-7H3,(H,20,27)(H,21,25). The number of nitrogens with zero attached hydrogens (tertiary/aromatic N) is 1. The molecule has 0 aliphatic carbocycles. The first-order valence-corrected chi connectivity index (χ1v) is 11.0. The van der Waals surface area contributed by atoms with Crippen molar-refractivity contribution < 1.29 is 33.5 Å². The molecule has 0 aliphatic rings. The molecular weight excluding hydrogens is 414 g/mol. The minimum Gasteiger partial charge on any atom is -0.436 e. The second-order valence-electron chi connectivity index (χ2n) is 7.39. The van der Waals surface area contributed by atoms with Gasteiger partial charge in [-0.05, 0) is 38.7 Å². The van der Waals surface area contributed by atoms with Gasteiger partial charge in [-0.25, -0.2) is 4.79 Å². The van der Waals surface area contributed by atoms with Gasteiger partial charge in [0.15, 0.2) is 6.10 Å². The molecule has 3 amide bonds. The highest BCUT2D eigenvalue weighted by atomic mass is 32.2. The summed E-state index contributed by atoms with van der Waals surface area (Å²) in [5.41, 5.74) is 0. The third kappa shape index (κ3) is 9.96. The molecule has 0 spiro atoms. The monoisotopic (exact) mass is 451 g/mol. The van der Waals surface area contributed by atoms with Crippen LogP contribution in [0, 0.1) is 5.92 Å². The van der Waals surface area contributed by atoms with E-state index in [-0.39, 0.29) is 19.1 Å². The average molecular weight is 452 g/mol. The summed E-state index contributed by atoms with van der Waals surface area (Å²) in [4.78, 5) is 38.2. The molecule has 0 saturated carbocycles. The molecule has 0 saturated heterocycles. The number of carbonyl (C=O) groups is 3. The van der Waals surface area contributed by atoms with Gasteiger partial charge >= 0.3 is 6.09 Å². The number of carbonyl (C=O) groups excluding carboxylic acids is 3. The number of hydrogen-bond donors (Lipinski definition) is 4. The molecule has 0 aliphatic heterocycles. The van der Waals surface area contributed by atoms with Crippen molar-refractivity contribution in [2.24, 2.45) is 5.92 Å². The van der Waals surface area contributed by atoms with E-state index in [0.29, 0.717) is 5.75 Å². The van der Waals surface area contributed by atoms with Crippen molar-refractivity contribution in [1.82, 2.24) is 15.5 Å². The lowest BCUT2D eigenvalue weighted by molar-refractivity contribution is -0.151. The first-order chi connectivity index (χ1) is 14.0. The lowest BCUT2D eigenvalue weighted by Crippen LogP contribution is -2.53. The summed E-state index contributed by atoms with van der Waals surface area (Å²) >= 11 is 1.14. The van der Waals surface area contributed by atoms with Crippen molar-refractivity contribution in [3.05, 3.63) is 0 Å². The Morgan fingerprint density at radius 3 is 2.17 bits per heavy atom. The zero-order valence-electron chi connectivity index (χ0n) is 18.9. The van der Waals surface area contributed by atoms with Crippen LogP contribution in [0.25, 0.3) is 0 Å². The van der Waals surface area contributed by atoms with Crippen LogP contribution in [0.5, 0.6) is 0 Å². The van der Waals surface area contributed by atoms with Crippen LogP contribution in [0.15, 0.2) is 0 Å². The molecule has 30 heavy (non-hydrogen) atoms. The normalized spacial score (nSPS) is 16.2. The van der Waals surface area contributed by atoms with Gasteiger partial charge in [0.2, 0.25) is 5.91 Å². The van der Waals surface area contributed by atoms with Crippen molar-refractivity contribution in [2.45, 2.75) is 78.4 Å². The zero-order valence-corrected chi connectivity index (χ0v) is 19.7. The Labute approximate surface area is 183 Å². The Hall–Kier alpha value is -1.56. The van der Waals surface area contributed by atoms with E-state index in [1.54, 1.807) is 34.6 Å². The number of hydrogen-bond acceptors (Lipinski definition) is 8. The van der Waals surface area contributed by atoms with Crippen LogP contribution in [0.1, 0.15) is 48.0 Å². The minimum atomic E-state index is -1.20. The third-order valence-electron chi connectivity index (χ3n) is 4.52. The molecule has 10 nitrogen and oxygen atoms in total. The van der Waals surface area contributed by atoms with Crippen molar-refractivity contribution in [3.8, 4) is 0 Å². The molecular formula is C19H37N3O7S. The minimum absolute atomic E-state index is 0.151. The fourth-order valence-electron chi connectivity index (χ4n) is 2.37. The van der Waals surface area contributed by atoms with Gasteiger partial charge in [-0.1, -0.05) is 20.8 Å². The van der Waals surface area contributed by atoms with Gasteiger partial charge in [0.05, 0.1) is 30.7 Å². The Morgan fingerprint density at radius 2 is 1.70 bits per heavy atom. The van der Waals surface area contributed by atoms with Crippen LogP contribution in [0.4, 0.5) is 4.79 Å². The maximum Gasteiger partial charge on any atom is 0.407 e. The number of nitrogens with one attached hydrogen (secondary N) is 2. The van der Waals surface area contributed by atoms with Crippen LogP contribution in [-0.4, -0.2) is 82.9 Å². The number of amides is 3. The maximum absolute atomic E-state index is 13.1. The molecule has 0 bridgehead atoms. The Bertz CT molecular complexity index is 548. The van der Waals surface area contributed by atoms with Gasteiger partial charge in [0.25, 0.3) is 5.91 Å². The van der Waals surface area contributed by atoms with Crippen LogP contribution in [0.2, 0.25) is 0 Å². The van der Waals surface area contributed by atoms with E-state index in [4.69, 9.17) is 8.92 Å². The summed E-state index contributed by atoms with van der Waals surface area (Å²) in [5, 5.41) is 25.0. The van der Waals surface area contributed by atoms with Gasteiger partial charge < -0.3 is 30.5 Å². The summed E-state index contributed by atoms with van der Waals surface area (Å²) < 4.78 is 10.6. The summed E-state index contributed by atoms with van der Waals surface area (Å²) in [6, 6.07) is -1.27. The van der Waals surface area contributed by atoms with E-state index in [0.717, 1.165) is 12.0 Å². The topological polar surface area (TPSA) is 137 Å². The molecule has 4 N–H and O–H groups in total. The smallest absolute Gasteiger partial charge is 0.407 e. The molecule has 0 rings (SSSR count). The van der Waals surface area contributed by atoms with Crippen molar-refractivity contribution >= 4 is 30.0 Å². The van der Waals surface area contributed by atoms with E-state index in [2.05, 4.69) is 10.6 Å². The first-order valence-electron chi connectivity index (χ1n) is 10.0. The molecule has 0 radical (unpaired) electrons. The summed E-state index contributed by atoms with van der Waals surface area (Å²) in [6.45, 7) is 9.98. The predicted molar refractivity (Wildman–Crippen MR) is 114 cm³/mol. The van der Waals surface area contributed by atoms with Gasteiger partial charge in [0, 0.05) is 12.8 Å². The van der Waals surface area contributed by atoms with Crippen molar-refractivity contribution in [2.75, 3.05) is 19.5 Å². The van der Waals surface area contributed by atoms with E-state index in [1.807, 2.05) is 6.92 Å². The quantitative estimate of drug-likeness (QED) is 0.184. The fourth-order valence-corrected chi connectivity index (χ4v) is 2.73. The van der Waals surface area contributed by atoms with Gasteiger partial charge in [-0.15, -0.1) is 0 Å². The highest BCUT2D eigenvalue weighted by molar-refractivity contribution is 7.94. The van der Waals surface area contributed by atoms with Crippen LogP contribution in [0.3, 0.4) is 0 Å². The molecule has 0 fully saturated rings. The molecule has 11 heteroatoms. The lowest BCUT2D eigenvalue weighted by atomic mass is 10.0. The van der Waals surface area contributed by atoms with Gasteiger partial charge in [-0.3, -0.25) is 13.8 Å². The molecule has 0 aromatic heterocycles. The molecule has 0 heterocycles. The van der Waals surface area contributed by atoms with Gasteiger partial charge in [-0.2, -0.15) is 0 Å². The lowest BCUT2D eigenvalue weighted by Gasteiger charge is -2.35. The van der Waals surface area contributed by atoms with Crippen LogP contribution in [-0.2, 0) is 18.5 Å². The molecule has 5 unspecified atom stereocenters. The van der Waals surface area contributed by atoms with Gasteiger partial charge in [0.1, 0.15) is 6.73 Å². The second-order valence-corrected chi connectivity index (χ2v) is 8.44. The number of aliphatic hydroxyl groups is 2. The SMILES string of the molecule is CCSOCN(C(=O)C(OC(=O)NC)C(C)C)C(C)C(O)CC(=O)NC(C)C(C)O. The maximum atomic E-state index is 13.1. The fraction of sp³-hybridized carbons (Fsp3) is 0.842. The molecule has 5 atom stereocenters. The van der Waals surface area contributed by atoms with Crippen molar-refractivity contribution in [3.63, 3.8) is 0 Å². The molecule has 0 aromatic carbocycles. The van der Waals surface area contributed by atoms with E-state index in [1.165, 1.54) is 11.9 Å². The van der Waals surface area contributed by atoms with E-state index in [9.17, 15) is 24.6 Å². The second kappa shape index (κ2) is 14.4. The molecule has 176 valence electrons. The van der Waals surface area contributed by atoms with Crippen molar-refractivity contribution in [1.29, 1.82) is 0 Å². The predicted octanol–water partition coefficient (Wildman–Crippen LogP) is 0.863. The number of alkyl carbamates (subject to hydrolysis) is 1. The van der Waals surface area contributed by atoms with Crippen LogP contribution < -0.4 is 10.6 Å². The first kappa shape index (κ1) is 28.4. The summed E-state index contributed by atoms with van der Waals surface area (Å²) in [6.07, 6.45) is -4.04. The third-order valence-corrected chi connectivity index (χ3v) is 5.03. The summed E-state index contributed by atoms with van der Waals surface area (Å²) in [7, 11) is 1.39. The Morgan fingerprint density at radius 1 is 1.10 bits per heavy atom. The zero-order chi connectivity index (χ0) is 23.4. The van der Waals surface area contributed by atoms with E-state index < -0.39 is 48.3 Å². The Balaban J connectivity index is 5.37. The average Bonchev–Trinajstić information content (AvgIpc) is 2.67. The van der Waals surface area contributed by atoms with E-state index >= 15 is 0 Å². The largest absolute Gasteiger partial charge is 0.436 e. The summed E-state index contributed by atoms with van der Waals surface area (Å²) in [5.74, 6) is -0.660. The molecule has 0 aromatic rings. The Kier molecular flexibility index (Phi) is 13.7. The number of ether oxygens (including phenoxy) is 1. The van der Waals surface area contributed by atoms with Crippen LogP contribution >= 0.6 is 12.0 Å². The highest BCUT2D eigenvalue weighted by Gasteiger charge is 2.36. The number of aliphatic hydroxyl groups excluding tert-OH is 2.